The molecule has 16 heteroatoms. The number of H-pyrrole nitrogens is 2. The number of ether oxygens (including phenoxy) is 11. The lowest BCUT2D eigenvalue weighted by atomic mass is 10.0. The van der Waals surface area contributed by atoms with Crippen LogP contribution < -0.4 is 47.4 Å². The van der Waals surface area contributed by atoms with Crippen molar-refractivity contribution in [1.29, 1.82) is 0 Å². The van der Waals surface area contributed by atoms with Crippen molar-refractivity contribution in [3.8, 4) is 102 Å². The first kappa shape index (κ1) is 96.8. The lowest BCUT2D eigenvalue weighted by Crippen LogP contribution is -2.07. The maximum atomic E-state index is 11.5. The highest BCUT2D eigenvalue weighted by Gasteiger charge is 2.27. The van der Waals surface area contributed by atoms with Crippen molar-refractivity contribution in [2.24, 2.45) is 0 Å². The highest BCUT2D eigenvalue weighted by Crippen LogP contribution is 2.50. The van der Waals surface area contributed by atoms with Crippen molar-refractivity contribution in [2.45, 2.75) is 326 Å². The maximum Gasteiger partial charge on any atom is 0.302 e. The summed E-state index contributed by atoms with van der Waals surface area (Å²) in [5.41, 5.74) is 13.2. The second-order valence-electron chi connectivity index (χ2n) is 33.2. The van der Waals surface area contributed by atoms with Crippen LogP contribution in [0, 0.1) is 0 Å². The van der Waals surface area contributed by atoms with E-state index in [2.05, 4.69) is 182 Å². The van der Waals surface area contributed by atoms with Gasteiger partial charge in [0.25, 0.3) is 0 Å². The SMILES string of the molecule is CCCCCCOc1cc(-c2c3nc(c(-c4cc(OCCCCCC)c(OCCCCCC)c(OCCCCCC)c4)c4ccc([nH]4)c(-c4cc(OCCCCCC)c(OCCCCCC)c(OCCCCCC)c4)c4nc(c(-c5ccc(OCCCCCCOC(C)=O)cc5)c5ccc2[nH]5)C=C4)C=C3)cc(OCCCCCC)c1OCCCCCC. The molecule has 7 aromatic rings. The number of unbranched alkanes of at least 4 members (excludes halogenated alkanes) is 30. The van der Waals surface area contributed by atoms with Crippen molar-refractivity contribution >= 4 is 52.3 Å². The molecule has 0 spiro atoms. The summed E-state index contributed by atoms with van der Waals surface area (Å²) < 4.78 is 75.0. The Morgan fingerprint density at radius 3 is 0.697 bits per heavy atom. The van der Waals surface area contributed by atoms with Gasteiger partial charge in [0.05, 0.1) is 95.5 Å². The first-order valence-corrected chi connectivity index (χ1v) is 48.3. The van der Waals surface area contributed by atoms with E-state index in [0.717, 1.165) is 352 Å². The van der Waals surface area contributed by atoms with Gasteiger partial charge in [0, 0.05) is 51.2 Å². The van der Waals surface area contributed by atoms with Crippen molar-refractivity contribution in [1.82, 2.24) is 19.9 Å². The highest BCUT2D eigenvalue weighted by molar-refractivity contribution is 6.01. The molecule has 2 aliphatic heterocycles. The molecule has 0 amide bonds. The molecule has 5 heterocycles. The van der Waals surface area contributed by atoms with Gasteiger partial charge in [-0.25, -0.2) is 9.97 Å². The van der Waals surface area contributed by atoms with Gasteiger partial charge in [-0.05, 0) is 203 Å². The molecule has 0 saturated carbocycles. The average Bonchev–Trinajstić information content (AvgIpc) is 1.59. The summed E-state index contributed by atoms with van der Waals surface area (Å²) in [5, 5.41) is 0. The van der Waals surface area contributed by atoms with E-state index in [4.69, 9.17) is 62.1 Å². The third-order valence-corrected chi connectivity index (χ3v) is 22.7. The zero-order valence-corrected chi connectivity index (χ0v) is 76.7. The largest absolute Gasteiger partial charge is 0.494 e. The molecule has 0 atom stereocenters. The number of esters is 1. The van der Waals surface area contributed by atoms with E-state index >= 15 is 0 Å². The zero-order valence-electron chi connectivity index (χ0n) is 76.7. The zero-order chi connectivity index (χ0) is 86.0. The highest BCUT2D eigenvalue weighted by atomic mass is 16.6. The quantitative estimate of drug-likeness (QED) is 0.0272. The molecule has 0 radical (unpaired) electrons. The number of nitrogens with one attached hydrogen (secondary N) is 2. The third kappa shape index (κ3) is 31.3. The van der Waals surface area contributed by atoms with Gasteiger partial charge < -0.3 is 62.1 Å². The number of hydrogen-bond donors (Lipinski definition) is 2. The van der Waals surface area contributed by atoms with E-state index in [1.165, 1.54) is 6.92 Å². The number of hydrogen-bond acceptors (Lipinski definition) is 14. The summed E-state index contributed by atoms with van der Waals surface area (Å²) in [6.07, 6.45) is 50.3. The van der Waals surface area contributed by atoms with Crippen LogP contribution in [0.15, 0.2) is 84.9 Å². The normalized spacial score (nSPS) is 11.7. The Balaban J connectivity index is 1.42. The molecule has 16 nitrogen and oxygen atoms in total. The van der Waals surface area contributed by atoms with E-state index in [0.29, 0.717) is 124 Å². The van der Waals surface area contributed by atoms with E-state index < -0.39 is 0 Å². The Bertz CT molecular complexity index is 4220. The molecular formula is C106H152N4O12. The molecule has 8 bridgehead atoms. The summed E-state index contributed by atoms with van der Waals surface area (Å²) in [6, 6.07) is 30.2. The molecule has 0 unspecified atom stereocenters. The monoisotopic (exact) mass is 1670 g/mol. The molecule has 0 fully saturated rings. The lowest BCUT2D eigenvalue weighted by Gasteiger charge is -2.20. The van der Waals surface area contributed by atoms with E-state index in [1.54, 1.807) is 0 Å². The van der Waals surface area contributed by atoms with Crippen LogP contribution in [-0.2, 0) is 9.53 Å². The van der Waals surface area contributed by atoms with Crippen LogP contribution in [-0.4, -0.2) is 98.6 Å². The molecule has 122 heavy (non-hydrogen) atoms. The van der Waals surface area contributed by atoms with Gasteiger partial charge in [-0.3, -0.25) is 4.79 Å². The first-order valence-electron chi connectivity index (χ1n) is 48.3. The number of fused-ring (bicyclic) bond motifs is 8. The van der Waals surface area contributed by atoms with Gasteiger partial charge in [0.1, 0.15) is 5.75 Å². The number of carbonyl (C=O) groups is 1. The second kappa shape index (κ2) is 56.7. The number of aromatic amines is 2. The minimum Gasteiger partial charge on any atom is -0.494 e. The predicted molar refractivity (Wildman–Crippen MR) is 508 cm³/mol. The van der Waals surface area contributed by atoms with Gasteiger partial charge in [-0.1, -0.05) is 248 Å². The number of aromatic nitrogens is 4. The number of nitrogens with zero attached hydrogens (tertiary/aromatic N) is 2. The van der Waals surface area contributed by atoms with Crippen LogP contribution in [0.25, 0.3) is 90.9 Å². The van der Waals surface area contributed by atoms with E-state index in [1.807, 2.05) is 0 Å². The Kier molecular flexibility index (Phi) is 44.9. The van der Waals surface area contributed by atoms with Crippen molar-refractivity contribution in [3.63, 3.8) is 0 Å². The van der Waals surface area contributed by atoms with Crippen LogP contribution in [0.5, 0.6) is 57.5 Å². The fourth-order valence-electron chi connectivity index (χ4n) is 15.7. The minimum absolute atomic E-state index is 0.244. The Morgan fingerprint density at radius 1 is 0.246 bits per heavy atom. The van der Waals surface area contributed by atoms with E-state index in [-0.39, 0.29) is 5.97 Å². The number of benzene rings is 4. The predicted octanol–water partition coefficient (Wildman–Crippen LogP) is 30.5. The molecule has 3 aromatic heterocycles. The molecule has 4 aromatic carbocycles. The Morgan fingerprint density at radius 2 is 0.459 bits per heavy atom. The Labute approximate surface area is 733 Å². The fourth-order valence-corrected chi connectivity index (χ4v) is 15.7. The molecule has 9 rings (SSSR count). The van der Waals surface area contributed by atoms with Crippen LogP contribution >= 0.6 is 0 Å². The molecule has 2 aliphatic rings. The summed E-state index contributed by atoms with van der Waals surface area (Å²) >= 11 is 0. The van der Waals surface area contributed by atoms with Crippen LogP contribution in [0.3, 0.4) is 0 Å². The van der Waals surface area contributed by atoms with Gasteiger partial charge >= 0.3 is 5.97 Å². The molecule has 668 valence electrons. The first-order chi connectivity index (χ1) is 60.1. The second-order valence-corrected chi connectivity index (χ2v) is 33.2. The van der Waals surface area contributed by atoms with Crippen LogP contribution in [0.2, 0.25) is 0 Å². The summed E-state index contributed by atoms with van der Waals surface area (Å²) in [5.74, 6) is 6.33. The maximum absolute atomic E-state index is 11.5. The van der Waals surface area contributed by atoms with E-state index in [9.17, 15) is 4.79 Å². The van der Waals surface area contributed by atoms with Gasteiger partial charge in [0.15, 0.2) is 34.5 Å². The molecule has 2 N–H and O–H groups in total. The smallest absolute Gasteiger partial charge is 0.302 e. The van der Waals surface area contributed by atoms with Crippen molar-refractivity contribution in [2.75, 3.05) is 72.7 Å². The minimum atomic E-state index is -0.244. The summed E-state index contributed by atoms with van der Waals surface area (Å²) in [7, 11) is 0. The van der Waals surface area contributed by atoms with Crippen molar-refractivity contribution < 1.29 is 56.9 Å². The number of carbonyl (C=O) groups excluding carboxylic acids is 1. The van der Waals surface area contributed by atoms with Gasteiger partial charge in [-0.15, -0.1) is 0 Å². The summed E-state index contributed by atoms with van der Waals surface area (Å²) in [4.78, 5) is 31.6. The Hall–Kier alpha value is -9.05. The molecular weight excluding hydrogens is 1520 g/mol. The lowest BCUT2D eigenvalue weighted by molar-refractivity contribution is -0.141. The molecule has 0 aliphatic carbocycles. The standard InChI is InChI=1S/C106H152N4O12/c1-11-20-29-40-65-114-94-74-82(75-95(115-66-41-30-21-12-2)104(94)120-71-46-35-26-17-7)101-88-57-55-86(107-88)100(81-51-53-85(54-52-81)113-64-50-39-38-49-63-112-80(10)111)87-56-58-89(108-87)102(83-76-96(116-67-42-31-22-13-3)105(121-72-47-36-27-18-8)97(77-83)117-68-43-32-23-14-4)91-60-62-93(110-91)103(92-61-59-90(101)109-92)84-78-98(118-69-44-33-24-15-5)106(122-73-48-37-28-19-9)99(79-84)119-70-45-34-25-16-6/h51-62,74-79,107,110H,11-50,63-73H2,1-10H3. The van der Waals surface area contributed by atoms with Gasteiger partial charge in [0.2, 0.25) is 17.2 Å². The van der Waals surface area contributed by atoms with Gasteiger partial charge in [-0.2, -0.15) is 0 Å². The average molecular weight is 1670 g/mol. The fraction of sp³-hybridized carbons (Fsp3) is 0.575. The van der Waals surface area contributed by atoms with Crippen LogP contribution in [0.1, 0.15) is 349 Å². The summed E-state index contributed by atoms with van der Waals surface area (Å²) in [6.45, 7) is 27.4. The number of rotatable bonds is 66. The third-order valence-electron chi connectivity index (χ3n) is 22.7. The topological polar surface area (TPSA) is 176 Å². The van der Waals surface area contributed by atoms with Crippen LogP contribution in [0.4, 0.5) is 0 Å². The van der Waals surface area contributed by atoms with Crippen molar-refractivity contribution in [3.05, 3.63) is 108 Å². The molecule has 0 saturated heterocycles.